The summed E-state index contributed by atoms with van der Waals surface area (Å²) in [5.41, 5.74) is 0.791. The third-order valence-electron chi connectivity index (χ3n) is 4.95. The van der Waals surface area contributed by atoms with Crippen molar-refractivity contribution < 1.29 is 18.4 Å². The molecule has 0 spiro atoms. The molecule has 104 valence electrons. The third-order valence-corrected chi connectivity index (χ3v) is 4.95. The lowest BCUT2D eigenvalue weighted by Crippen LogP contribution is -2.45. The lowest BCUT2D eigenvalue weighted by atomic mass is 9.91. The zero-order valence-electron chi connectivity index (χ0n) is 10.7. The molecule has 2 amide bonds. The molecule has 1 heterocycles. The first kappa shape index (κ1) is 12.0. The van der Waals surface area contributed by atoms with E-state index in [0.717, 1.165) is 0 Å². The van der Waals surface area contributed by atoms with E-state index in [0.29, 0.717) is 17.5 Å². The summed E-state index contributed by atoms with van der Waals surface area (Å²) in [6, 6.07) is 6.31. The Kier molecular flexibility index (Phi) is 2.19. The Morgan fingerprint density at radius 2 is 1.65 bits per heavy atom. The van der Waals surface area contributed by atoms with Crippen molar-refractivity contribution in [2.45, 2.75) is 31.2 Å². The SMILES string of the molecule is O=C1c2ccccc2C(=O)N1[C@H]1C[C@@H]2C[C@@H]1CC2(F)F. The topological polar surface area (TPSA) is 37.4 Å². The number of nitrogens with zero attached hydrogens (tertiary/aromatic N) is 1. The first-order valence-corrected chi connectivity index (χ1v) is 6.84. The van der Waals surface area contributed by atoms with E-state index in [1.54, 1.807) is 24.3 Å². The number of halogens is 2. The van der Waals surface area contributed by atoms with E-state index < -0.39 is 11.8 Å². The number of benzene rings is 1. The van der Waals surface area contributed by atoms with Crippen LogP contribution >= 0.6 is 0 Å². The molecule has 3 nitrogen and oxygen atoms in total. The molecule has 0 unspecified atom stereocenters. The van der Waals surface area contributed by atoms with Gasteiger partial charge in [0.15, 0.2) is 0 Å². The molecule has 1 aromatic carbocycles. The number of carbonyl (C=O) groups excluding carboxylic acids is 2. The van der Waals surface area contributed by atoms with Gasteiger partial charge in [-0.3, -0.25) is 14.5 Å². The molecule has 5 heteroatoms. The number of hydrogen-bond donors (Lipinski definition) is 0. The smallest absolute Gasteiger partial charge is 0.261 e. The van der Waals surface area contributed by atoms with Crippen LogP contribution in [0, 0.1) is 11.8 Å². The minimum absolute atomic E-state index is 0.199. The molecule has 1 aliphatic heterocycles. The van der Waals surface area contributed by atoms with Crippen LogP contribution in [0.3, 0.4) is 0 Å². The number of hydrogen-bond acceptors (Lipinski definition) is 2. The van der Waals surface area contributed by atoms with E-state index >= 15 is 0 Å². The highest BCUT2D eigenvalue weighted by molar-refractivity contribution is 6.21. The maximum absolute atomic E-state index is 13.6. The van der Waals surface area contributed by atoms with Gasteiger partial charge >= 0.3 is 0 Å². The van der Waals surface area contributed by atoms with Gasteiger partial charge in [-0.05, 0) is 30.9 Å². The average molecular weight is 277 g/mol. The van der Waals surface area contributed by atoms with Gasteiger partial charge in [0.05, 0.1) is 11.1 Å². The van der Waals surface area contributed by atoms with Crippen LogP contribution in [0.25, 0.3) is 0 Å². The number of fused-ring (bicyclic) bond motifs is 3. The third kappa shape index (κ3) is 1.38. The fraction of sp³-hybridized carbons (Fsp3) is 0.467. The molecule has 0 N–H and O–H groups in total. The lowest BCUT2D eigenvalue weighted by Gasteiger charge is -2.32. The molecule has 20 heavy (non-hydrogen) atoms. The molecule has 0 saturated heterocycles. The van der Waals surface area contributed by atoms with Gasteiger partial charge in [0, 0.05) is 18.4 Å². The molecule has 3 aliphatic rings. The number of amides is 2. The Morgan fingerprint density at radius 3 is 2.10 bits per heavy atom. The molecule has 0 aromatic heterocycles. The molecule has 3 atom stereocenters. The average Bonchev–Trinajstić information content (AvgIpc) is 3.01. The van der Waals surface area contributed by atoms with Crippen LogP contribution in [0.4, 0.5) is 8.78 Å². The van der Waals surface area contributed by atoms with Gasteiger partial charge in [-0.1, -0.05) is 12.1 Å². The van der Waals surface area contributed by atoms with Crippen molar-refractivity contribution in [3.63, 3.8) is 0 Å². The standard InChI is InChI=1S/C15H13F2NO2/c16-15(17)7-8-5-9(15)6-12(8)18-13(19)10-3-1-2-4-11(10)14(18)20/h1-4,8-9,12H,5-7H2/t8-,9+,12+/m1/s1. The summed E-state index contributed by atoms with van der Waals surface area (Å²) in [5.74, 6) is -4.21. The van der Waals surface area contributed by atoms with Crippen molar-refractivity contribution in [1.29, 1.82) is 0 Å². The van der Waals surface area contributed by atoms with Crippen molar-refractivity contribution in [2.75, 3.05) is 0 Å². The lowest BCUT2D eigenvalue weighted by molar-refractivity contribution is -0.0627. The second kappa shape index (κ2) is 3.65. The maximum atomic E-state index is 13.6. The second-order valence-electron chi connectivity index (χ2n) is 5.99. The Bertz CT molecular complexity index is 593. The van der Waals surface area contributed by atoms with Gasteiger partial charge in [-0.2, -0.15) is 0 Å². The first-order chi connectivity index (χ1) is 9.49. The summed E-state index contributed by atoms with van der Waals surface area (Å²) in [5, 5.41) is 0. The van der Waals surface area contributed by atoms with Crippen LogP contribution in [0.15, 0.2) is 24.3 Å². The summed E-state index contributed by atoms with van der Waals surface area (Å²) in [7, 11) is 0. The van der Waals surface area contributed by atoms with Crippen LogP contribution in [0.5, 0.6) is 0 Å². The molecule has 0 radical (unpaired) electrons. The van der Waals surface area contributed by atoms with Crippen LogP contribution < -0.4 is 0 Å². The molecule has 2 saturated carbocycles. The molecule has 2 aliphatic carbocycles. The Hall–Kier alpha value is -1.78. The van der Waals surface area contributed by atoms with Gasteiger partial charge in [0.25, 0.3) is 17.7 Å². The monoisotopic (exact) mass is 277 g/mol. The van der Waals surface area contributed by atoms with Crippen LogP contribution in [0.1, 0.15) is 40.0 Å². The van der Waals surface area contributed by atoms with E-state index in [9.17, 15) is 18.4 Å². The highest BCUT2D eigenvalue weighted by Gasteiger charge is 2.60. The minimum Gasteiger partial charge on any atom is -0.271 e. The van der Waals surface area contributed by atoms with E-state index in [2.05, 4.69) is 0 Å². The van der Waals surface area contributed by atoms with E-state index in [1.165, 1.54) is 4.90 Å². The summed E-state index contributed by atoms with van der Waals surface area (Å²) >= 11 is 0. The first-order valence-electron chi connectivity index (χ1n) is 6.84. The van der Waals surface area contributed by atoms with E-state index in [-0.39, 0.29) is 36.6 Å². The van der Waals surface area contributed by atoms with E-state index in [1.807, 2.05) is 0 Å². The van der Waals surface area contributed by atoms with Gasteiger partial charge < -0.3 is 0 Å². The summed E-state index contributed by atoms with van der Waals surface area (Å²) < 4.78 is 27.1. The predicted octanol–water partition coefficient (Wildman–Crippen LogP) is 2.72. The van der Waals surface area contributed by atoms with Crippen molar-refractivity contribution in [2.24, 2.45) is 11.8 Å². The van der Waals surface area contributed by atoms with E-state index in [4.69, 9.17) is 0 Å². The largest absolute Gasteiger partial charge is 0.271 e. The van der Waals surface area contributed by atoms with Crippen molar-refractivity contribution in [3.8, 4) is 0 Å². The Labute approximate surface area is 114 Å². The zero-order chi connectivity index (χ0) is 14.1. The highest BCUT2D eigenvalue weighted by atomic mass is 19.3. The highest BCUT2D eigenvalue weighted by Crippen LogP contribution is 2.55. The molecule has 1 aromatic rings. The summed E-state index contributed by atoms with van der Waals surface area (Å²) in [6.45, 7) is 0. The zero-order valence-corrected chi connectivity index (χ0v) is 10.7. The predicted molar refractivity (Wildman–Crippen MR) is 66.5 cm³/mol. The normalized spacial score (nSPS) is 33.9. The molecule has 2 bridgehead atoms. The molecule has 4 rings (SSSR count). The molecular formula is C15H13F2NO2. The van der Waals surface area contributed by atoms with Crippen LogP contribution in [-0.2, 0) is 0 Å². The second-order valence-corrected chi connectivity index (χ2v) is 5.99. The molecule has 2 fully saturated rings. The summed E-state index contributed by atoms with van der Waals surface area (Å²) in [4.78, 5) is 25.9. The summed E-state index contributed by atoms with van der Waals surface area (Å²) in [6.07, 6.45) is 0.462. The van der Waals surface area contributed by atoms with Gasteiger partial charge in [-0.15, -0.1) is 0 Å². The Balaban J connectivity index is 1.67. The number of imide groups is 1. The number of carbonyl (C=O) groups is 2. The van der Waals surface area contributed by atoms with Crippen molar-refractivity contribution in [3.05, 3.63) is 35.4 Å². The molecular weight excluding hydrogens is 264 g/mol. The van der Waals surface area contributed by atoms with Gasteiger partial charge in [-0.25, -0.2) is 8.78 Å². The quantitative estimate of drug-likeness (QED) is 0.740. The minimum atomic E-state index is -2.63. The van der Waals surface area contributed by atoms with Gasteiger partial charge in [0.2, 0.25) is 0 Å². The number of rotatable bonds is 1. The number of alkyl halides is 2. The maximum Gasteiger partial charge on any atom is 0.261 e. The van der Waals surface area contributed by atoms with Crippen LogP contribution in [-0.4, -0.2) is 28.7 Å². The van der Waals surface area contributed by atoms with Crippen molar-refractivity contribution in [1.82, 2.24) is 4.90 Å². The fourth-order valence-corrected chi connectivity index (χ4v) is 4.01. The Morgan fingerprint density at radius 1 is 1.05 bits per heavy atom. The van der Waals surface area contributed by atoms with Crippen molar-refractivity contribution >= 4 is 11.8 Å². The van der Waals surface area contributed by atoms with Gasteiger partial charge in [0.1, 0.15) is 0 Å². The fourth-order valence-electron chi connectivity index (χ4n) is 4.01. The van der Waals surface area contributed by atoms with Crippen LogP contribution in [0.2, 0.25) is 0 Å².